The van der Waals surface area contributed by atoms with Crippen molar-refractivity contribution in [3.05, 3.63) is 113 Å². The molecule has 5 aliphatic rings. The number of imide groups is 1. The molecule has 75 heavy (non-hydrogen) atoms. The highest BCUT2D eigenvalue weighted by molar-refractivity contribution is 9.10. The smallest absolute Gasteiger partial charge is 0.255 e. The Hall–Kier alpha value is -6.55. The lowest BCUT2D eigenvalue weighted by atomic mass is 9.71. The van der Waals surface area contributed by atoms with Crippen molar-refractivity contribution < 1.29 is 23.7 Å². The van der Waals surface area contributed by atoms with Gasteiger partial charge in [0.25, 0.3) is 5.91 Å². The van der Waals surface area contributed by atoms with E-state index in [4.69, 9.17) is 9.72 Å². The van der Waals surface area contributed by atoms with E-state index in [0.717, 1.165) is 122 Å². The van der Waals surface area contributed by atoms with Gasteiger partial charge in [-0.2, -0.15) is 10.1 Å². The van der Waals surface area contributed by atoms with Crippen LogP contribution >= 0.6 is 23.1 Å². The Morgan fingerprint density at radius 2 is 1.56 bits per heavy atom. The monoisotopic (exact) mass is 1090 g/mol. The Bertz CT molecular complexity index is 3190. The van der Waals surface area contributed by atoms with Crippen LogP contribution in [0, 0.1) is 11.3 Å². The molecule has 7 heterocycles. The summed E-state index contributed by atoms with van der Waals surface area (Å²) in [5, 5.41) is 14.6. The third kappa shape index (κ3) is 10.7. The molecule has 4 fully saturated rings. The number of benzene rings is 4. The quantitative estimate of drug-likeness (QED) is 0.0739. The first-order valence-corrected chi connectivity index (χ1v) is 29.6. The minimum Gasteiger partial charge on any atom is -0.494 e. The molecule has 1 atom stereocenters. The van der Waals surface area contributed by atoms with Crippen LogP contribution in [0.5, 0.6) is 5.75 Å². The van der Waals surface area contributed by atoms with E-state index in [2.05, 4.69) is 93.1 Å². The minimum atomic E-state index is -2.70. The number of methoxy groups -OCH3 is 1. The average molecular weight is 1100 g/mol. The minimum absolute atomic E-state index is 0.126. The third-order valence-corrected chi connectivity index (χ3v) is 18.5. The predicted octanol–water partition coefficient (Wildman–Crippen LogP) is 9.41. The van der Waals surface area contributed by atoms with Gasteiger partial charge in [-0.3, -0.25) is 24.4 Å². The second-order valence-electron chi connectivity index (χ2n) is 21.5. The highest BCUT2D eigenvalue weighted by Crippen LogP contribution is 2.45. The van der Waals surface area contributed by atoms with Gasteiger partial charge in [0.1, 0.15) is 24.8 Å². The first-order valence-electron chi connectivity index (χ1n) is 26.2. The number of carbonyl (C=O) groups is 3. The summed E-state index contributed by atoms with van der Waals surface area (Å²) in [5.74, 6) is 1.42. The number of hydrogen-bond donors (Lipinski definition) is 3. The van der Waals surface area contributed by atoms with Gasteiger partial charge in [-0.05, 0) is 152 Å². The summed E-state index contributed by atoms with van der Waals surface area (Å²) in [6.45, 7) is 11.2. The van der Waals surface area contributed by atoms with Gasteiger partial charge in [-0.25, -0.2) is 4.98 Å². The molecule has 390 valence electrons. The number of nitrogens with zero attached hydrogens (tertiary/aromatic N) is 8. The zero-order valence-electron chi connectivity index (χ0n) is 43.2. The van der Waals surface area contributed by atoms with Crippen molar-refractivity contribution in [1.29, 1.82) is 0 Å². The molecule has 3 amide bonds. The van der Waals surface area contributed by atoms with Crippen molar-refractivity contribution in [2.24, 2.45) is 18.4 Å². The van der Waals surface area contributed by atoms with Crippen LogP contribution in [0.4, 0.5) is 34.5 Å². The predicted molar refractivity (Wildman–Crippen MR) is 299 cm³/mol. The van der Waals surface area contributed by atoms with Gasteiger partial charge in [0.2, 0.25) is 17.8 Å². The molecule has 1 unspecified atom stereocenters. The second-order valence-corrected chi connectivity index (χ2v) is 25.6. The summed E-state index contributed by atoms with van der Waals surface area (Å²) < 4.78 is 22.2. The molecule has 5 aliphatic heterocycles. The molecular formula is C57H65BrN11O5P. The van der Waals surface area contributed by atoms with Gasteiger partial charge in [0.05, 0.1) is 29.2 Å². The van der Waals surface area contributed by atoms with Crippen molar-refractivity contribution in [3.63, 3.8) is 0 Å². The molecule has 3 N–H and O–H groups in total. The van der Waals surface area contributed by atoms with E-state index in [1.165, 1.54) is 12.8 Å². The Morgan fingerprint density at radius 1 is 0.800 bits per heavy atom. The highest BCUT2D eigenvalue weighted by atomic mass is 79.9. The molecule has 0 saturated carbocycles. The maximum Gasteiger partial charge on any atom is 0.255 e. The maximum absolute atomic E-state index is 13.7. The van der Waals surface area contributed by atoms with Crippen LogP contribution < -0.4 is 35.8 Å². The van der Waals surface area contributed by atoms with Crippen LogP contribution in [0.3, 0.4) is 0 Å². The molecule has 16 nitrogen and oxygen atoms in total. The van der Waals surface area contributed by atoms with Crippen LogP contribution in [-0.2, 0) is 27.7 Å². The zero-order chi connectivity index (χ0) is 52.0. The van der Waals surface area contributed by atoms with Crippen molar-refractivity contribution in [2.45, 2.75) is 64.0 Å². The highest BCUT2D eigenvalue weighted by Gasteiger charge is 2.41. The zero-order valence-corrected chi connectivity index (χ0v) is 45.6. The number of nitrogens with one attached hydrogen (secondary N) is 3. The fourth-order valence-corrected chi connectivity index (χ4v) is 13.4. The molecule has 4 aromatic carbocycles. The molecule has 18 heteroatoms. The molecule has 0 radical (unpaired) electrons. The number of likely N-dealkylation sites (tertiary alicyclic amines) is 1. The topological polar surface area (TPSA) is 170 Å². The molecule has 1 spiro atoms. The van der Waals surface area contributed by atoms with Gasteiger partial charge in [-0.15, -0.1) is 0 Å². The third-order valence-electron chi connectivity index (χ3n) is 16.3. The van der Waals surface area contributed by atoms with Gasteiger partial charge in [0.15, 0.2) is 0 Å². The SMILES string of the molecule is COc1cc(N2CCC(CN3CCC4(CC3)CCN(c3ccc5c(c3)CN(C3CCC(=O)NC3=O)C5=O)CC4)CC2)c(-c2cnn(C)c2)cc1Nc1ncc(Br)c(Nc2ccc(-c3ccccc3)cc2P(C)(C)=O)n1. The van der Waals surface area contributed by atoms with E-state index in [0.29, 0.717) is 57.5 Å². The van der Waals surface area contributed by atoms with Crippen LogP contribution in [0.1, 0.15) is 67.3 Å². The Labute approximate surface area is 447 Å². The van der Waals surface area contributed by atoms with E-state index < -0.39 is 13.2 Å². The molecule has 4 saturated heterocycles. The van der Waals surface area contributed by atoms with Gasteiger partial charge in [0, 0.05) is 105 Å². The molecular weight excluding hydrogens is 1030 g/mol. The maximum atomic E-state index is 13.7. The lowest BCUT2D eigenvalue weighted by Crippen LogP contribution is -2.52. The molecule has 0 aliphatic carbocycles. The van der Waals surface area contributed by atoms with Crippen LogP contribution in [0.15, 0.2) is 102 Å². The number of carbonyl (C=O) groups excluding carboxylic acids is 3. The Morgan fingerprint density at radius 3 is 2.27 bits per heavy atom. The first kappa shape index (κ1) is 50.6. The number of halogens is 1. The molecule has 11 rings (SSSR count). The fraction of sp³-hybridized carbons (Fsp3) is 0.404. The first-order chi connectivity index (χ1) is 36.2. The molecule has 2 aromatic heterocycles. The number of rotatable bonds is 13. The van der Waals surface area contributed by atoms with Gasteiger partial charge >= 0.3 is 0 Å². The number of aryl methyl sites for hydroxylation is 1. The van der Waals surface area contributed by atoms with E-state index in [9.17, 15) is 18.9 Å². The lowest BCUT2D eigenvalue weighted by molar-refractivity contribution is -0.136. The largest absolute Gasteiger partial charge is 0.494 e. The summed E-state index contributed by atoms with van der Waals surface area (Å²) >= 11 is 3.65. The number of aromatic nitrogens is 4. The average Bonchev–Trinajstić information content (AvgIpc) is 4.00. The van der Waals surface area contributed by atoms with Gasteiger partial charge < -0.3 is 39.5 Å². The van der Waals surface area contributed by atoms with E-state index in [1.54, 1.807) is 31.5 Å². The summed E-state index contributed by atoms with van der Waals surface area (Å²) in [7, 11) is 0.923. The van der Waals surface area contributed by atoms with E-state index in [-0.39, 0.29) is 24.1 Å². The summed E-state index contributed by atoms with van der Waals surface area (Å²) in [5.41, 5.74) is 9.77. The van der Waals surface area contributed by atoms with Crippen molar-refractivity contribution in [1.82, 2.24) is 34.9 Å². The fourth-order valence-electron chi connectivity index (χ4n) is 12.0. The normalized spacial score (nSPS) is 19.3. The van der Waals surface area contributed by atoms with Crippen molar-refractivity contribution in [2.75, 3.05) is 86.7 Å². The van der Waals surface area contributed by atoms with Crippen LogP contribution in [0.2, 0.25) is 0 Å². The number of ether oxygens (including phenoxy) is 1. The Kier molecular flexibility index (Phi) is 14.1. The summed E-state index contributed by atoms with van der Waals surface area (Å²) in [6.07, 6.45) is 13.3. The number of fused-ring (bicyclic) bond motifs is 1. The summed E-state index contributed by atoms with van der Waals surface area (Å²) in [6, 6.07) is 25.9. The summed E-state index contributed by atoms with van der Waals surface area (Å²) in [4.78, 5) is 56.5. The van der Waals surface area contributed by atoms with Crippen molar-refractivity contribution >= 4 is 80.6 Å². The van der Waals surface area contributed by atoms with Crippen LogP contribution in [-0.4, -0.2) is 120 Å². The number of amides is 3. The molecule has 6 aromatic rings. The standard InChI is InChI=1S/C57H65BrN11O5P/c1-65-35-41(32-60-65)44-30-47(62-56-59-33-45(58)53(64-56)61-46-13-10-39(29-51(46)75(3,4)73)38-8-6-5-7-9-38)50(74-2)31-49(44)68-22-16-37(17-23-68)34-66-24-18-57(19-25-66)20-26-67(27-21-57)42-11-12-43-40(28-42)36-69(55(43)72)48-14-15-52(70)63-54(48)71/h5-13,28-33,35,37,48H,14-27,34,36H2,1-4H3,(H,63,70,71)(H2,59,61,62,64). The van der Waals surface area contributed by atoms with Crippen LogP contribution in [0.25, 0.3) is 22.3 Å². The van der Waals surface area contributed by atoms with Crippen molar-refractivity contribution in [3.8, 4) is 28.0 Å². The second kappa shape index (κ2) is 20.9. The lowest BCUT2D eigenvalue weighted by Gasteiger charge is -2.48. The number of piperidine rings is 4. The van der Waals surface area contributed by atoms with E-state index >= 15 is 0 Å². The number of hydrogen-bond acceptors (Lipinski definition) is 13. The van der Waals surface area contributed by atoms with E-state index in [1.807, 2.05) is 66.6 Å². The van der Waals surface area contributed by atoms with Gasteiger partial charge in [-0.1, -0.05) is 36.4 Å². The molecule has 0 bridgehead atoms. The Balaban J connectivity index is 0.711. The number of anilines is 6.